The largest absolute Gasteiger partial charge is 0.484 e. The van der Waals surface area contributed by atoms with Crippen molar-refractivity contribution in [3.8, 4) is 5.75 Å². The summed E-state index contributed by atoms with van der Waals surface area (Å²) in [5, 5.41) is 11.3. The Morgan fingerprint density at radius 3 is 2.89 bits per heavy atom. The number of rotatable bonds is 7. The fourth-order valence-electron chi connectivity index (χ4n) is 2.82. The van der Waals surface area contributed by atoms with Crippen LogP contribution in [0, 0.1) is 15.9 Å². The summed E-state index contributed by atoms with van der Waals surface area (Å²) in [6, 6.07) is 3.16. The van der Waals surface area contributed by atoms with Crippen molar-refractivity contribution in [3.63, 3.8) is 0 Å². The summed E-state index contributed by atoms with van der Waals surface area (Å²) in [7, 11) is 0. The van der Waals surface area contributed by atoms with Gasteiger partial charge in [0.2, 0.25) is 5.82 Å². The first kappa shape index (κ1) is 19.0. The molecule has 1 aromatic heterocycles. The number of carbonyl (C=O) groups excluding carboxylic acids is 1. The first-order chi connectivity index (χ1) is 13.0. The molecule has 0 fully saturated rings. The minimum absolute atomic E-state index is 0.0448. The summed E-state index contributed by atoms with van der Waals surface area (Å²) < 4.78 is 19.0. The van der Waals surface area contributed by atoms with Crippen molar-refractivity contribution in [2.75, 3.05) is 18.1 Å². The number of anilines is 1. The molecule has 0 spiro atoms. The molecule has 0 aliphatic heterocycles. The van der Waals surface area contributed by atoms with Gasteiger partial charge in [-0.25, -0.2) is 4.98 Å². The zero-order valence-electron chi connectivity index (χ0n) is 14.5. The van der Waals surface area contributed by atoms with Gasteiger partial charge in [0, 0.05) is 23.6 Å². The number of carbonyl (C=O) groups is 1. The van der Waals surface area contributed by atoms with Gasteiger partial charge in [0.1, 0.15) is 5.75 Å². The number of nitro groups is 1. The second kappa shape index (κ2) is 8.26. The maximum Gasteiger partial charge on any atom is 0.305 e. The zero-order chi connectivity index (χ0) is 19.4. The Balaban J connectivity index is 1.70. The van der Waals surface area contributed by atoms with Gasteiger partial charge in [-0.2, -0.15) is 4.39 Å². The predicted octanol–water partition coefficient (Wildman–Crippen LogP) is 3.67. The molecule has 2 aromatic rings. The lowest BCUT2D eigenvalue weighted by Crippen LogP contribution is -2.35. The van der Waals surface area contributed by atoms with Crippen LogP contribution in [0.25, 0.3) is 0 Å². The van der Waals surface area contributed by atoms with Crippen molar-refractivity contribution in [1.82, 2.24) is 4.98 Å². The van der Waals surface area contributed by atoms with Gasteiger partial charge in [0.05, 0.1) is 10.6 Å². The van der Waals surface area contributed by atoms with E-state index in [9.17, 15) is 19.3 Å². The van der Waals surface area contributed by atoms with Crippen LogP contribution in [-0.4, -0.2) is 29.0 Å². The lowest BCUT2D eigenvalue weighted by molar-refractivity contribution is -0.387. The van der Waals surface area contributed by atoms with Gasteiger partial charge in [-0.3, -0.25) is 19.8 Å². The van der Waals surface area contributed by atoms with Crippen LogP contribution >= 0.6 is 11.3 Å². The standard InChI is InChI=1S/C18H18FN3O4S/c1-2-9-21(18-20-14-5-3-4-6-16(14)27-18)17(23)11-26-12-7-8-15(22(24)25)13(19)10-12/h2,7-8,10H,1,3-6,9,11H2. The number of amides is 1. The summed E-state index contributed by atoms with van der Waals surface area (Å²) in [5.74, 6) is -1.32. The number of fused-ring (bicyclic) bond motifs is 1. The number of halogens is 1. The topological polar surface area (TPSA) is 85.6 Å². The third-order valence-electron chi connectivity index (χ3n) is 4.16. The summed E-state index contributed by atoms with van der Waals surface area (Å²) in [4.78, 5) is 29.7. The Hall–Kier alpha value is -2.81. The molecule has 27 heavy (non-hydrogen) atoms. The molecule has 9 heteroatoms. The minimum Gasteiger partial charge on any atom is -0.484 e. The van der Waals surface area contributed by atoms with Crippen molar-refractivity contribution >= 4 is 28.1 Å². The first-order valence-corrected chi connectivity index (χ1v) is 9.28. The smallest absolute Gasteiger partial charge is 0.305 e. The Labute approximate surface area is 159 Å². The highest BCUT2D eigenvalue weighted by Gasteiger charge is 2.23. The van der Waals surface area contributed by atoms with Crippen molar-refractivity contribution < 1.29 is 18.8 Å². The Kier molecular flexibility index (Phi) is 5.80. The van der Waals surface area contributed by atoms with Gasteiger partial charge in [-0.1, -0.05) is 6.08 Å². The molecule has 1 aromatic carbocycles. The molecular weight excluding hydrogens is 373 g/mol. The van der Waals surface area contributed by atoms with Crippen LogP contribution in [0.2, 0.25) is 0 Å². The number of hydrogen-bond acceptors (Lipinski definition) is 6. The SMILES string of the molecule is C=CCN(C(=O)COc1ccc([N+](=O)[O-])c(F)c1)c1nc2c(s1)CCCC2. The van der Waals surface area contributed by atoms with Gasteiger partial charge in [-0.15, -0.1) is 17.9 Å². The van der Waals surface area contributed by atoms with E-state index in [-0.39, 0.29) is 24.8 Å². The van der Waals surface area contributed by atoms with Gasteiger partial charge in [-0.05, 0) is 31.7 Å². The van der Waals surface area contributed by atoms with E-state index in [1.165, 1.54) is 27.2 Å². The normalized spacial score (nSPS) is 12.9. The van der Waals surface area contributed by atoms with Crippen molar-refractivity contribution in [2.45, 2.75) is 25.7 Å². The van der Waals surface area contributed by atoms with Crippen LogP contribution in [0.5, 0.6) is 5.75 Å². The molecule has 0 saturated heterocycles. The van der Waals surface area contributed by atoms with Crippen LogP contribution < -0.4 is 9.64 Å². The van der Waals surface area contributed by atoms with Crippen molar-refractivity contribution in [3.05, 3.63) is 57.4 Å². The number of nitrogens with zero attached hydrogens (tertiary/aromatic N) is 3. The molecule has 1 aliphatic carbocycles. The van der Waals surface area contributed by atoms with E-state index >= 15 is 0 Å². The number of ether oxygens (including phenoxy) is 1. The fraction of sp³-hybridized carbons (Fsp3) is 0.333. The van der Waals surface area contributed by atoms with Crippen molar-refractivity contribution in [1.29, 1.82) is 0 Å². The van der Waals surface area contributed by atoms with E-state index < -0.39 is 16.4 Å². The molecule has 1 aliphatic rings. The highest BCUT2D eigenvalue weighted by molar-refractivity contribution is 7.16. The number of hydrogen-bond donors (Lipinski definition) is 0. The molecule has 1 heterocycles. The number of aromatic nitrogens is 1. The average Bonchev–Trinajstić information content (AvgIpc) is 3.07. The zero-order valence-corrected chi connectivity index (χ0v) is 15.3. The second-order valence-corrected chi connectivity index (χ2v) is 7.09. The monoisotopic (exact) mass is 391 g/mol. The summed E-state index contributed by atoms with van der Waals surface area (Å²) in [6.07, 6.45) is 5.71. The molecule has 142 valence electrons. The minimum atomic E-state index is -1.01. The van der Waals surface area contributed by atoms with Gasteiger partial charge < -0.3 is 4.74 Å². The van der Waals surface area contributed by atoms with Gasteiger partial charge in [0.25, 0.3) is 5.91 Å². The average molecular weight is 391 g/mol. The van der Waals surface area contributed by atoms with Crippen molar-refractivity contribution in [2.24, 2.45) is 0 Å². The molecule has 0 saturated carbocycles. The molecule has 7 nitrogen and oxygen atoms in total. The highest BCUT2D eigenvalue weighted by atomic mass is 32.1. The Morgan fingerprint density at radius 1 is 1.44 bits per heavy atom. The molecule has 0 bridgehead atoms. The Morgan fingerprint density at radius 2 is 2.22 bits per heavy atom. The molecule has 0 atom stereocenters. The summed E-state index contributed by atoms with van der Waals surface area (Å²) in [6.45, 7) is 3.62. The van der Waals surface area contributed by atoms with E-state index in [0.717, 1.165) is 43.5 Å². The van der Waals surface area contributed by atoms with Crippen LogP contribution in [0.15, 0.2) is 30.9 Å². The maximum atomic E-state index is 13.7. The summed E-state index contributed by atoms with van der Waals surface area (Å²) in [5.41, 5.74) is 0.400. The van der Waals surface area contributed by atoms with Gasteiger partial charge >= 0.3 is 5.69 Å². The second-order valence-electron chi connectivity index (χ2n) is 6.03. The molecular formula is C18H18FN3O4S. The number of aryl methyl sites for hydroxylation is 2. The van der Waals surface area contributed by atoms with E-state index in [1.54, 1.807) is 6.08 Å². The third-order valence-corrected chi connectivity index (χ3v) is 5.34. The van der Waals surface area contributed by atoms with Crippen LogP contribution in [-0.2, 0) is 17.6 Å². The summed E-state index contributed by atoms with van der Waals surface area (Å²) >= 11 is 1.50. The predicted molar refractivity (Wildman–Crippen MR) is 99.9 cm³/mol. The molecule has 0 N–H and O–H groups in total. The van der Waals surface area contributed by atoms with E-state index in [1.807, 2.05) is 0 Å². The van der Waals surface area contributed by atoms with Crippen LogP contribution in [0.1, 0.15) is 23.4 Å². The molecule has 3 rings (SSSR count). The molecule has 0 unspecified atom stereocenters. The number of nitro benzene ring substituents is 1. The quantitative estimate of drug-likeness (QED) is 0.408. The molecule has 0 radical (unpaired) electrons. The lowest BCUT2D eigenvalue weighted by atomic mass is 10.0. The van der Waals surface area contributed by atoms with E-state index in [4.69, 9.17) is 4.74 Å². The van der Waals surface area contributed by atoms with Crippen LogP contribution in [0.4, 0.5) is 15.2 Å². The first-order valence-electron chi connectivity index (χ1n) is 8.46. The maximum absolute atomic E-state index is 13.7. The lowest BCUT2D eigenvalue weighted by Gasteiger charge is -2.18. The van der Waals surface area contributed by atoms with E-state index in [0.29, 0.717) is 5.13 Å². The van der Waals surface area contributed by atoms with E-state index in [2.05, 4.69) is 11.6 Å². The third kappa shape index (κ3) is 4.30. The number of benzene rings is 1. The highest BCUT2D eigenvalue weighted by Crippen LogP contribution is 2.32. The van der Waals surface area contributed by atoms with Gasteiger partial charge in [0.15, 0.2) is 11.7 Å². The Bertz CT molecular complexity index is 860. The fourth-order valence-corrected chi connectivity index (χ4v) is 3.99. The molecule has 1 amide bonds. The number of thiazole rings is 1. The van der Waals surface area contributed by atoms with Crippen LogP contribution in [0.3, 0.4) is 0 Å².